The zero-order valence-corrected chi connectivity index (χ0v) is 15.8. The van der Waals surface area contributed by atoms with Crippen molar-refractivity contribution in [2.24, 2.45) is 4.99 Å². The predicted octanol–water partition coefficient (Wildman–Crippen LogP) is 1.91. The molecule has 2 heterocycles. The Balaban J connectivity index is 1.50. The monoisotopic (exact) mass is 360 g/mol. The number of aliphatic imine (C=N–C) groups is 1. The quantitative estimate of drug-likeness (QED) is 0.411. The summed E-state index contributed by atoms with van der Waals surface area (Å²) in [5.74, 6) is 1.85. The summed E-state index contributed by atoms with van der Waals surface area (Å²) in [7, 11) is 0. The van der Waals surface area contributed by atoms with Crippen molar-refractivity contribution in [2.45, 2.75) is 44.8 Å². The van der Waals surface area contributed by atoms with Crippen molar-refractivity contribution in [1.29, 1.82) is 0 Å². The van der Waals surface area contributed by atoms with Gasteiger partial charge in [0, 0.05) is 38.2 Å². The Hall–Kier alpha value is -1.79. The molecule has 0 aromatic heterocycles. The van der Waals surface area contributed by atoms with E-state index in [-0.39, 0.29) is 12.1 Å². The van der Waals surface area contributed by atoms with Gasteiger partial charge >= 0.3 is 0 Å². The van der Waals surface area contributed by atoms with Crippen LogP contribution in [0, 0.1) is 0 Å². The number of benzene rings is 1. The molecule has 3 rings (SSSR count). The lowest BCUT2D eigenvalue weighted by atomic mass is 10.0. The van der Waals surface area contributed by atoms with E-state index < -0.39 is 0 Å². The highest BCUT2D eigenvalue weighted by molar-refractivity contribution is 5.80. The van der Waals surface area contributed by atoms with Crippen LogP contribution in [-0.4, -0.2) is 61.4 Å². The summed E-state index contributed by atoms with van der Waals surface area (Å²) < 4.78 is 5.74. The van der Waals surface area contributed by atoms with E-state index in [1.807, 2.05) is 12.1 Å². The van der Waals surface area contributed by atoms with Crippen molar-refractivity contribution in [3.8, 4) is 5.75 Å². The molecule has 1 aromatic carbocycles. The summed E-state index contributed by atoms with van der Waals surface area (Å²) in [6, 6.07) is 8.46. The summed E-state index contributed by atoms with van der Waals surface area (Å²) in [6.07, 6.45) is 3.68. The third-order valence-electron chi connectivity index (χ3n) is 5.07. The molecular weight excluding hydrogens is 328 g/mol. The first-order chi connectivity index (χ1) is 12.8. The number of fused-ring (bicyclic) bond motifs is 1. The van der Waals surface area contributed by atoms with Gasteiger partial charge in [-0.25, -0.2) is 0 Å². The summed E-state index contributed by atoms with van der Waals surface area (Å²) in [5, 5.41) is 16.5. The minimum Gasteiger partial charge on any atom is -0.493 e. The number of nitrogens with zero attached hydrogens (tertiary/aromatic N) is 2. The predicted molar refractivity (Wildman–Crippen MR) is 105 cm³/mol. The second kappa shape index (κ2) is 9.78. The molecule has 1 saturated heterocycles. The molecule has 0 bridgehead atoms. The zero-order valence-electron chi connectivity index (χ0n) is 15.8. The Morgan fingerprint density at radius 1 is 1.27 bits per heavy atom. The highest BCUT2D eigenvalue weighted by Crippen LogP contribution is 2.31. The fraction of sp³-hybridized carbons (Fsp3) is 0.650. The maximum absolute atomic E-state index is 9.58. The van der Waals surface area contributed by atoms with E-state index in [2.05, 4.69) is 34.6 Å². The van der Waals surface area contributed by atoms with Crippen molar-refractivity contribution in [3.05, 3.63) is 29.8 Å². The van der Waals surface area contributed by atoms with Gasteiger partial charge in [-0.05, 0) is 38.8 Å². The number of hydrogen-bond acceptors (Lipinski definition) is 4. The summed E-state index contributed by atoms with van der Waals surface area (Å²) in [6.45, 7) is 7.53. The van der Waals surface area contributed by atoms with E-state index >= 15 is 0 Å². The fourth-order valence-electron chi connectivity index (χ4n) is 3.61. The van der Waals surface area contributed by atoms with Crippen LogP contribution in [0.5, 0.6) is 5.75 Å². The van der Waals surface area contributed by atoms with Crippen molar-refractivity contribution in [1.82, 2.24) is 15.5 Å². The Kier molecular flexibility index (Phi) is 7.14. The first-order valence-corrected chi connectivity index (χ1v) is 9.93. The molecule has 1 atom stereocenters. The third-order valence-corrected chi connectivity index (χ3v) is 5.07. The number of rotatable bonds is 6. The molecule has 144 valence electrons. The highest BCUT2D eigenvalue weighted by Gasteiger charge is 2.21. The molecule has 0 saturated carbocycles. The Bertz CT molecular complexity index is 585. The number of nitrogens with one attached hydrogen (secondary N) is 2. The minimum absolute atomic E-state index is 0.101. The van der Waals surface area contributed by atoms with E-state index in [4.69, 9.17) is 9.73 Å². The van der Waals surface area contributed by atoms with Crippen LogP contribution in [0.3, 0.4) is 0 Å². The Morgan fingerprint density at radius 2 is 2.08 bits per heavy atom. The van der Waals surface area contributed by atoms with Gasteiger partial charge < -0.3 is 25.4 Å². The van der Waals surface area contributed by atoms with Gasteiger partial charge in [0.1, 0.15) is 5.75 Å². The second-order valence-corrected chi connectivity index (χ2v) is 7.06. The molecule has 6 heteroatoms. The van der Waals surface area contributed by atoms with Crippen LogP contribution >= 0.6 is 0 Å². The summed E-state index contributed by atoms with van der Waals surface area (Å²) in [5.41, 5.74) is 1.20. The maximum atomic E-state index is 9.58. The maximum Gasteiger partial charge on any atom is 0.191 e. The third kappa shape index (κ3) is 5.35. The molecule has 0 spiro atoms. The van der Waals surface area contributed by atoms with Crippen LogP contribution < -0.4 is 15.4 Å². The highest BCUT2D eigenvalue weighted by atomic mass is 16.5. The SMILES string of the molecule is CCNC(=NCCCN1CCC(O)CC1)NC1CCOc2ccccc21. The van der Waals surface area contributed by atoms with Crippen LogP contribution in [0.15, 0.2) is 29.3 Å². The van der Waals surface area contributed by atoms with Gasteiger partial charge in [-0.15, -0.1) is 0 Å². The van der Waals surface area contributed by atoms with Gasteiger partial charge in [0.05, 0.1) is 18.8 Å². The van der Waals surface area contributed by atoms with E-state index in [0.29, 0.717) is 0 Å². The van der Waals surface area contributed by atoms with Crippen molar-refractivity contribution in [3.63, 3.8) is 0 Å². The van der Waals surface area contributed by atoms with Gasteiger partial charge in [0.15, 0.2) is 5.96 Å². The Morgan fingerprint density at radius 3 is 2.88 bits per heavy atom. The first kappa shape index (κ1) is 19.0. The lowest BCUT2D eigenvalue weighted by molar-refractivity contribution is 0.0824. The molecule has 2 aliphatic rings. The average Bonchev–Trinajstić information content (AvgIpc) is 2.67. The second-order valence-electron chi connectivity index (χ2n) is 7.06. The van der Waals surface area contributed by atoms with E-state index in [9.17, 15) is 5.11 Å². The molecule has 0 amide bonds. The molecule has 2 aliphatic heterocycles. The fourth-order valence-corrected chi connectivity index (χ4v) is 3.61. The topological polar surface area (TPSA) is 69.1 Å². The van der Waals surface area contributed by atoms with Gasteiger partial charge in [-0.3, -0.25) is 4.99 Å². The number of piperidine rings is 1. The van der Waals surface area contributed by atoms with E-state index in [1.165, 1.54) is 5.56 Å². The summed E-state index contributed by atoms with van der Waals surface area (Å²) in [4.78, 5) is 7.19. The average molecular weight is 361 g/mol. The van der Waals surface area contributed by atoms with Crippen LogP contribution in [0.4, 0.5) is 0 Å². The minimum atomic E-state index is -0.101. The van der Waals surface area contributed by atoms with Gasteiger partial charge in [-0.2, -0.15) is 0 Å². The standard InChI is InChI=1S/C20H32N4O2/c1-2-21-20(22-11-5-12-24-13-8-16(25)9-14-24)23-18-10-15-26-19-7-4-3-6-17(18)19/h3-4,6-7,16,18,25H,2,5,8-15H2,1H3,(H2,21,22,23). The molecule has 1 unspecified atom stereocenters. The number of aliphatic hydroxyl groups excluding tert-OH is 1. The molecule has 6 nitrogen and oxygen atoms in total. The molecule has 26 heavy (non-hydrogen) atoms. The largest absolute Gasteiger partial charge is 0.493 e. The lowest BCUT2D eigenvalue weighted by Crippen LogP contribution is -2.41. The smallest absolute Gasteiger partial charge is 0.191 e. The van der Waals surface area contributed by atoms with Crippen LogP contribution in [-0.2, 0) is 0 Å². The molecule has 1 fully saturated rings. The number of guanidine groups is 1. The van der Waals surface area contributed by atoms with Crippen LogP contribution in [0.25, 0.3) is 0 Å². The number of ether oxygens (including phenoxy) is 1. The zero-order chi connectivity index (χ0) is 18.2. The van der Waals surface area contributed by atoms with Crippen LogP contribution in [0.1, 0.15) is 44.2 Å². The van der Waals surface area contributed by atoms with Crippen LogP contribution in [0.2, 0.25) is 0 Å². The van der Waals surface area contributed by atoms with Gasteiger partial charge in [0.25, 0.3) is 0 Å². The number of para-hydroxylation sites is 1. The molecule has 1 aromatic rings. The van der Waals surface area contributed by atoms with Gasteiger partial charge in [0.2, 0.25) is 0 Å². The molecular formula is C20H32N4O2. The van der Waals surface area contributed by atoms with Crippen molar-refractivity contribution in [2.75, 3.05) is 39.3 Å². The van der Waals surface area contributed by atoms with Crippen molar-refractivity contribution < 1.29 is 9.84 Å². The summed E-state index contributed by atoms with van der Waals surface area (Å²) >= 11 is 0. The van der Waals surface area contributed by atoms with E-state index in [0.717, 1.165) is 76.7 Å². The lowest BCUT2D eigenvalue weighted by Gasteiger charge is -2.29. The first-order valence-electron chi connectivity index (χ1n) is 9.93. The number of likely N-dealkylation sites (tertiary alicyclic amines) is 1. The number of hydrogen-bond donors (Lipinski definition) is 3. The molecule has 0 aliphatic carbocycles. The van der Waals surface area contributed by atoms with Crippen molar-refractivity contribution >= 4 is 5.96 Å². The number of aliphatic hydroxyl groups is 1. The van der Waals surface area contributed by atoms with E-state index in [1.54, 1.807) is 0 Å². The van der Waals surface area contributed by atoms with Gasteiger partial charge in [-0.1, -0.05) is 18.2 Å². The molecule has 3 N–H and O–H groups in total. The molecule has 0 radical (unpaired) electrons. The normalized spacial score (nSPS) is 21.8. The Labute approximate surface area is 156 Å².